The van der Waals surface area contributed by atoms with Gasteiger partial charge in [0.1, 0.15) is 5.60 Å². The first kappa shape index (κ1) is 17.1. The fraction of sp³-hybridized carbons (Fsp3) is 0.929. The number of alkyl halides is 2. The van der Waals surface area contributed by atoms with E-state index < -0.39 is 30.7 Å². The summed E-state index contributed by atoms with van der Waals surface area (Å²) < 4.78 is 32.1. The standard InChI is InChI=1S/C14H26F2N2O2/c1-10(7-11-5-6-11)17-8-14(15,16)9-18-12(19)20-13(2,3)4/h10-11,17H,5-9H2,1-4H3,(H,18,19). The molecule has 6 heteroatoms. The van der Waals surface area contributed by atoms with Gasteiger partial charge < -0.3 is 15.4 Å². The molecule has 118 valence electrons. The number of alkyl carbamates (subject to hydrolysis) is 1. The molecule has 1 unspecified atom stereocenters. The third-order valence-electron chi connectivity index (χ3n) is 2.98. The average Bonchev–Trinajstić information content (AvgIpc) is 3.06. The van der Waals surface area contributed by atoms with Crippen LogP contribution in [0, 0.1) is 5.92 Å². The maximum absolute atomic E-state index is 13.6. The summed E-state index contributed by atoms with van der Waals surface area (Å²) in [5.74, 6) is -2.28. The molecule has 0 heterocycles. The van der Waals surface area contributed by atoms with E-state index in [4.69, 9.17) is 4.74 Å². The van der Waals surface area contributed by atoms with Gasteiger partial charge in [-0.05, 0) is 40.0 Å². The maximum atomic E-state index is 13.6. The van der Waals surface area contributed by atoms with Crippen LogP contribution in [-0.4, -0.2) is 36.7 Å². The molecule has 0 aromatic rings. The van der Waals surface area contributed by atoms with Crippen LogP contribution in [0.2, 0.25) is 0 Å². The van der Waals surface area contributed by atoms with E-state index in [1.54, 1.807) is 20.8 Å². The lowest BCUT2D eigenvalue weighted by atomic mass is 10.1. The average molecular weight is 292 g/mol. The Balaban J connectivity index is 2.20. The van der Waals surface area contributed by atoms with Gasteiger partial charge in [-0.25, -0.2) is 13.6 Å². The molecule has 2 N–H and O–H groups in total. The Hall–Kier alpha value is -0.910. The molecule has 0 aromatic carbocycles. The summed E-state index contributed by atoms with van der Waals surface area (Å²) in [5.41, 5.74) is -0.684. The van der Waals surface area contributed by atoms with Gasteiger partial charge in [-0.15, -0.1) is 0 Å². The smallest absolute Gasteiger partial charge is 0.407 e. The summed E-state index contributed by atoms with van der Waals surface area (Å²) >= 11 is 0. The van der Waals surface area contributed by atoms with Crippen molar-refractivity contribution in [2.75, 3.05) is 13.1 Å². The van der Waals surface area contributed by atoms with Gasteiger partial charge in [0.2, 0.25) is 0 Å². The van der Waals surface area contributed by atoms with Crippen LogP contribution in [0.1, 0.15) is 47.0 Å². The molecule has 0 bridgehead atoms. The van der Waals surface area contributed by atoms with Crippen LogP contribution in [0.5, 0.6) is 0 Å². The molecular weight excluding hydrogens is 266 g/mol. The highest BCUT2D eigenvalue weighted by Crippen LogP contribution is 2.33. The molecule has 1 saturated carbocycles. The van der Waals surface area contributed by atoms with Crippen LogP contribution in [0.15, 0.2) is 0 Å². The number of ether oxygens (including phenoxy) is 1. The van der Waals surface area contributed by atoms with Crippen LogP contribution in [0.25, 0.3) is 0 Å². The SMILES string of the molecule is CC(CC1CC1)NCC(F)(F)CNC(=O)OC(C)(C)C. The number of nitrogens with one attached hydrogen (secondary N) is 2. The lowest BCUT2D eigenvalue weighted by molar-refractivity contribution is -0.00546. The molecule has 1 amide bonds. The van der Waals surface area contributed by atoms with Crippen molar-refractivity contribution in [3.63, 3.8) is 0 Å². The first-order chi connectivity index (χ1) is 9.07. The highest BCUT2D eigenvalue weighted by molar-refractivity contribution is 5.67. The minimum Gasteiger partial charge on any atom is -0.444 e. The second-order valence-corrected chi connectivity index (χ2v) is 6.67. The van der Waals surface area contributed by atoms with E-state index in [0.29, 0.717) is 5.92 Å². The van der Waals surface area contributed by atoms with Gasteiger partial charge in [-0.3, -0.25) is 0 Å². The molecule has 1 aliphatic carbocycles. The van der Waals surface area contributed by atoms with E-state index in [-0.39, 0.29) is 6.04 Å². The quantitative estimate of drug-likeness (QED) is 0.758. The van der Waals surface area contributed by atoms with Gasteiger partial charge in [-0.1, -0.05) is 12.8 Å². The molecule has 4 nitrogen and oxygen atoms in total. The molecular formula is C14H26F2N2O2. The summed E-state index contributed by atoms with van der Waals surface area (Å²) in [7, 11) is 0. The number of rotatable bonds is 7. The molecule has 1 aliphatic rings. The molecule has 0 saturated heterocycles. The molecule has 0 aliphatic heterocycles. The van der Waals surface area contributed by atoms with E-state index in [0.717, 1.165) is 6.42 Å². The van der Waals surface area contributed by atoms with E-state index in [1.807, 2.05) is 6.92 Å². The van der Waals surface area contributed by atoms with Crippen LogP contribution in [0.4, 0.5) is 13.6 Å². The third kappa shape index (κ3) is 8.30. The Morgan fingerprint density at radius 1 is 1.30 bits per heavy atom. The van der Waals surface area contributed by atoms with Crippen LogP contribution in [0.3, 0.4) is 0 Å². The Labute approximate surface area is 119 Å². The Morgan fingerprint density at radius 2 is 1.90 bits per heavy atom. The second kappa shape index (κ2) is 6.70. The number of carbonyl (C=O) groups excluding carboxylic acids is 1. The fourth-order valence-corrected chi connectivity index (χ4v) is 1.84. The van der Waals surface area contributed by atoms with E-state index >= 15 is 0 Å². The number of hydrogen-bond acceptors (Lipinski definition) is 3. The van der Waals surface area contributed by atoms with Gasteiger partial charge in [0.25, 0.3) is 5.92 Å². The van der Waals surface area contributed by atoms with Gasteiger partial charge in [-0.2, -0.15) is 0 Å². The number of halogens is 2. The Morgan fingerprint density at radius 3 is 2.40 bits per heavy atom. The van der Waals surface area contributed by atoms with Crippen molar-refractivity contribution < 1.29 is 18.3 Å². The van der Waals surface area contributed by atoms with Crippen molar-refractivity contribution in [1.82, 2.24) is 10.6 Å². The third-order valence-corrected chi connectivity index (χ3v) is 2.98. The predicted octanol–water partition coefficient (Wildman–Crippen LogP) is 2.92. The van der Waals surface area contributed by atoms with Crippen molar-refractivity contribution >= 4 is 6.09 Å². The summed E-state index contributed by atoms with van der Waals surface area (Å²) in [6, 6.07) is 0.0786. The summed E-state index contributed by atoms with van der Waals surface area (Å²) in [4.78, 5) is 11.3. The minimum absolute atomic E-state index is 0.0786. The zero-order chi connectivity index (χ0) is 15.4. The largest absolute Gasteiger partial charge is 0.444 e. The lowest BCUT2D eigenvalue weighted by Crippen LogP contribution is -2.46. The van der Waals surface area contributed by atoms with E-state index in [1.165, 1.54) is 12.8 Å². The fourth-order valence-electron chi connectivity index (χ4n) is 1.84. The second-order valence-electron chi connectivity index (χ2n) is 6.67. The Bertz CT molecular complexity index is 326. The van der Waals surface area contributed by atoms with Crippen molar-refractivity contribution in [1.29, 1.82) is 0 Å². The summed E-state index contributed by atoms with van der Waals surface area (Å²) in [6.07, 6.45) is 2.55. The molecule has 0 aromatic heterocycles. The van der Waals surface area contributed by atoms with Crippen LogP contribution >= 0.6 is 0 Å². The zero-order valence-electron chi connectivity index (χ0n) is 12.8. The highest BCUT2D eigenvalue weighted by atomic mass is 19.3. The molecule has 1 fully saturated rings. The normalized spacial score (nSPS) is 17.7. The van der Waals surface area contributed by atoms with Gasteiger partial charge in [0, 0.05) is 6.04 Å². The van der Waals surface area contributed by atoms with Gasteiger partial charge in [0.15, 0.2) is 0 Å². The minimum atomic E-state index is -2.98. The van der Waals surface area contributed by atoms with Crippen molar-refractivity contribution in [2.24, 2.45) is 5.92 Å². The lowest BCUT2D eigenvalue weighted by Gasteiger charge is -2.23. The summed E-state index contributed by atoms with van der Waals surface area (Å²) in [6.45, 7) is 5.82. The monoisotopic (exact) mass is 292 g/mol. The number of carbonyl (C=O) groups is 1. The number of amides is 1. The van der Waals surface area contributed by atoms with E-state index in [2.05, 4.69) is 10.6 Å². The van der Waals surface area contributed by atoms with Crippen molar-refractivity contribution in [3.8, 4) is 0 Å². The van der Waals surface area contributed by atoms with Crippen molar-refractivity contribution in [2.45, 2.75) is 64.5 Å². The maximum Gasteiger partial charge on any atom is 0.407 e. The Kier molecular flexibility index (Phi) is 5.74. The number of hydrogen-bond donors (Lipinski definition) is 2. The summed E-state index contributed by atoms with van der Waals surface area (Å²) in [5, 5.41) is 4.93. The molecule has 20 heavy (non-hydrogen) atoms. The molecule has 0 spiro atoms. The van der Waals surface area contributed by atoms with Gasteiger partial charge in [0.05, 0.1) is 13.1 Å². The first-order valence-electron chi connectivity index (χ1n) is 7.15. The van der Waals surface area contributed by atoms with Crippen molar-refractivity contribution in [3.05, 3.63) is 0 Å². The predicted molar refractivity (Wildman–Crippen MR) is 74.0 cm³/mol. The first-order valence-corrected chi connectivity index (χ1v) is 7.15. The zero-order valence-corrected chi connectivity index (χ0v) is 12.8. The van der Waals surface area contributed by atoms with E-state index in [9.17, 15) is 13.6 Å². The van der Waals surface area contributed by atoms with Gasteiger partial charge >= 0.3 is 6.09 Å². The van der Waals surface area contributed by atoms with Crippen LogP contribution in [-0.2, 0) is 4.74 Å². The topological polar surface area (TPSA) is 50.4 Å². The molecule has 1 atom stereocenters. The highest BCUT2D eigenvalue weighted by Gasteiger charge is 2.31. The molecule has 0 radical (unpaired) electrons. The van der Waals surface area contributed by atoms with Crippen LogP contribution < -0.4 is 10.6 Å². The molecule has 1 rings (SSSR count).